The molecule has 7 heteroatoms. The summed E-state index contributed by atoms with van der Waals surface area (Å²) < 4.78 is 10.6. The summed E-state index contributed by atoms with van der Waals surface area (Å²) in [4.78, 5) is 12.1. The van der Waals surface area contributed by atoms with Crippen LogP contribution in [0.15, 0.2) is 54.7 Å². The van der Waals surface area contributed by atoms with Gasteiger partial charge in [0.15, 0.2) is 0 Å². The van der Waals surface area contributed by atoms with Crippen LogP contribution >= 0.6 is 0 Å². The highest BCUT2D eigenvalue weighted by Gasteiger charge is 2.09. The van der Waals surface area contributed by atoms with Crippen molar-refractivity contribution in [1.82, 2.24) is 15.0 Å². The lowest BCUT2D eigenvalue weighted by atomic mass is 10.1. The standard InChI is InChI=1S/C23H24N4O3/c1-29-18-6-7-19-17(13-25-21(19)11-18)8-9-24-22-12-20(26-23(27-22)30-2)16-5-3-4-15(10-16)14-28/h3-7,10-13,25,28H,8-9,14H2,1-2H3,(H,24,26,27). The molecule has 2 heterocycles. The molecule has 0 fully saturated rings. The Morgan fingerprint density at radius 3 is 2.73 bits per heavy atom. The Morgan fingerprint density at radius 1 is 1.03 bits per heavy atom. The maximum atomic E-state index is 9.40. The summed E-state index contributed by atoms with van der Waals surface area (Å²) in [6, 6.07) is 15.8. The van der Waals surface area contributed by atoms with Crippen molar-refractivity contribution in [3.8, 4) is 23.0 Å². The Hall–Kier alpha value is -3.58. The molecule has 7 nitrogen and oxygen atoms in total. The van der Waals surface area contributed by atoms with Crippen LogP contribution in [-0.4, -0.2) is 40.8 Å². The van der Waals surface area contributed by atoms with Crippen molar-refractivity contribution in [3.05, 3.63) is 65.9 Å². The predicted octanol–water partition coefficient (Wildman–Crippen LogP) is 3.79. The van der Waals surface area contributed by atoms with Gasteiger partial charge in [0, 0.05) is 41.3 Å². The van der Waals surface area contributed by atoms with Crippen molar-refractivity contribution < 1.29 is 14.6 Å². The lowest BCUT2D eigenvalue weighted by Crippen LogP contribution is -2.07. The predicted molar refractivity (Wildman–Crippen MR) is 117 cm³/mol. The van der Waals surface area contributed by atoms with Crippen LogP contribution in [0.5, 0.6) is 11.8 Å². The van der Waals surface area contributed by atoms with E-state index in [2.05, 4.69) is 26.3 Å². The number of hydrogen-bond donors (Lipinski definition) is 3. The van der Waals surface area contributed by atoms with Crippen LogP contribution in [0.4, 0.5) is 5.82 Å². The largest absolute Gasteiger partial charge is 0.497 e. The monoisotopic (exact) mass is 404 g/mol. The fourth-order valence-electron chi connectivity index (χ4n) is 3.41. The maximum absolute atomic E-state index is 9.40. The molecule has 4 aromatic rings. The zero-order valence-corrected chi connectivity index (χ0v) is 17.0. The van der Waals surface area contributed by atoms with Gasteiger partial charge in [0.25, 0.3) is 0 Å². The number of H-pyrrole nitrogens is 1. The highest BCUT2D eigenvalue weighted by atomic mass is 16.5. The first kappa shape index (κ1) is 19.7. The molecule has 0 aliphatic rings. The number of ether oxygens (including phenoxy) is 2. The van der Waals surface area contributed by atoms with Crippen molar-refractivity contribution in [2.45, 2.75) is 13.0 Å². The molecule has 2 aromatic heterocycles. The van der Waals surface area contributed by atoms with Crippen LogP contribution in [0.3, 0.4) is 0 Å². The van der Waals surface area contributed by atoms with Crippen molar-refractivity contribution in [2.75, 3.05) is 26.1 Å². The van der Waals surface area contributed by atoms with Crippen molar-refractivity contribution in [2.24, 2.45) is 0 Å². The number of nitrogens with one attached hydrogen (secondary N) is 2. The summed E-state index contributed by atoms with van der Waals surface area (Å²) in [6.07, 6.45) is 2.85. The molecule has 4 rings (SSSR count). The Kier molecular flexibility index (Phi) is 5.81. The van der Waals surface area contributed by atoms with Crippen LogP contribution in [0.2, 0.25) is 0 Å². The van der Waals surface area contributed by atoms with Crippen molar-refractivity contribution in [3.63, 3.8) is 0 Å². The first-order chi connectivity index (χ1) is 14.7. The number of anilines is 1. The molecule has 2 aromatic carbocycles. The first-order valence-electron chi connectivity index (χ1n) is 9.71. The Morgan fingerprint density at radius 2 is 1.93 bits per heavy atom. The second kappa shape index (κ2) is 8.84. The van der Waals surface area contributed by atoms with Gasteiger partial charge in [-0.15, -0.1) is 0 Å². The minimum atomic E-state index is -0.0162. The Balaban J connectivity index is 1.50. The molecule has 3 N–H and O–H groups in total. The van der Waals surface area contributed by atoms with Crippen LogP contribution in [0.1, 0.15) is 11.1 Å². The minimum absolute atomic E-state index is 0.0162. The van der Waals surface area contributed by atoms with Crippen LogP contribution in [-0.2, 0) is 13.0 Å². The highest BCUT2D eigenvalue weighted by Crippen LogP contribution is 2.25. The first-order valence-corrected chi connectivity index (χ1v) is 9.71. The number of nitrogens with zero attached hydrogens (tertiary/aromatic N) is 2. The van der Waals surface area contributed by atoms with E-state index in [9.17, 15) is 5.11 Å². The van der Waals surface area contributed by atoms with Gasteiger partial charge in [0.1, 0.15) is 11.6 Å². The third-order valence-electron chi connectivity index (χ3n) is 4.97. The number of aromatic nitrogens is 3. The molecule has 30 heavy (non-hydrogen) atoms. The number of rotatable bonds is 8. The van der Waals surface area contributed by atoms with E-state index in [1.165, 1.54) is 10.9 Å². The van der Waals surface area contributed by atoms with E-state index < -0.39 is 0 Å². The molecule has 0 atom stereocenters. The summed E-state index contributed by atoms with van der Waals surface area (Å²) >= 11 is 0. The smallest absolute Gasteiger partial charge is 0.318 e. The van der Waals surface area contributed by atoms with Crippen molar-refractivity contribution in [1.29, 1.82) is 0 Å². The number of hydrogen-bond acceptors (Lipinski definition) is 6. The molecule has 0 spiro atoms. The van der Waals surface area contributed by atoms with Gasteiger partial charge in [-0.05, 0) is 35.7 Å². The lowest BCUT2D eigenvalue weighted by Gasteiger charge is -2.10. The molecule has 0 radical (unpaired) electrons. The second-order valence-corrected chi connectivity index (χ2v) is 6.89. The third-order valence-corrected chi connectivity index (χ3v) is 4.97. The summed E-state index contributed by atoms with van der Waals surface area (Å²) in [5.74, 6) is 1.52. The number of aliphatic hydroxyl groups excluding tert-OH is 1. The average molecular weight is 404 g/mol. The molecule has 0 amide bonds. The molecule has 0 saturated heterocycles. The lowest BCUT2D eigenvalue weighted by molar-refractivity contribution is 0.282. The van der Waals surface area contributed by atoms with Crippen LogP contribution in [0.25, 0.3) is 22.2 Å². The molecule has 0 saturated carbocycles. The van der Waals surface area contributed by atoms with Gasteiger partial charge in [-0.3, -0.25) is 0 Å². The van der Waals surface area contributed by atoms with E-state index in [1.807, 2.05) is 48.7 Å². The molecule has 0 unspecified atom stereocenters. The number of aromatic amines is 1. The molecular formula is C23H24N4O3. The van der Waals surface area contributed by atoms with E-state index in [0.29, 0.717) is 18.4 Å². The molecule has 154 valence electrons. The fourth-order valence-corrected chi connectivity index (χ4v) is 3.41. The van der Waals surface area contributed by atoms with Gasteiger partial charge in [0.2, 0.25) is 0 Å². The second-order valence-electron chi connectivity index (χ2n) is 6.89. The molecular weight excluding hydrogens is 380 g/mol. The van der Waals surface area contributed by atoms with E-state index in [-0.39, 0.29) is 6.61 Å². The topological polar surface area (TPSA) is 92.3 Å². The summed E-state index contributed by atoms with van der Waals surface area (Å²) in [7, 11) is 3.21. The van der Waals surface area contributed by atoms with E-state index >= 15 is 0 Å². The number of methoxy groups -OCH3 is 2. The Bertz CT molecular complexity index is 1160. The van der Waals surface area contributed by atoms with Gasteiger partial charge in [0.05, 0.1) is 26.5 Å². The fraction of sp³-hybridized carbons (Fsp3) is 0.217. The van der Waals surface area contributed by atoms with E-state index in [4.69, 9.17) is 9.47 Å². The summed E-state index contributed by atoms with van der Waals surface area (Å²) in [6.45, 7) is 0.687. The van der Waals surface area contributed by atoms with Crippen LogP contribution < -0.4 is 14.8 Å². The summed E-state index contributed by atoms with van der Waals surface area (Å²) in [5, 5.41) is 13.9. The quantitative estimate of drug-likeness (QED) is 0.414. The normalized spacial score (nSPS) is 10.9. The molecule has 0 bridgehead atoms. The summed E-state index contributed by atoms with van der Waals surface area (Å²) in [5.41, 5.74) is 4.74. The van der Waals surface area contributed by atoms with Gasteiger partial charge in [-0.25, -0.2) is 0 Å². The third kappa shape index (κ3) is 4.21. The molecule has 0 aliphatic carbocycles. The zero-order valence-electron chi connectivity index (χ0n) is 17.0. The van der Waals surface area contributed by atoms with E-state index in [1.54, 1.807) is 14.2 Å². The number of benzene rings is 2. The van der Waals surface area contributed by atoms with E-state index in [0.717, 1.165) is 34.5 Å². The zero-order chi connectivity index (χ0) is 20.9. The maximum Gasteiger partial charge on any atom is 0.318 e. The van der Waals surface area contributed by atoms with Gasteiger partial charge >= 0.3 is 6.01 Å². The van der Waals surface area contributed by atoms with Crippen molar-refractivity contribution >= 4 is 16.7 Å². The van der Waals surface area contributed by atoms with Gasteiger partial charge in [-0.2, -0.15) is 9.97 Å². The SMILES string of the molecule is COc1ccc2c(CCNc3cc(-c4cccc(CO)c4)nc(OC)n3)c[nH]c2c1. The van der Waals surface area contributed by atoms with Gasteiger partial charge < -0.3 is 24.9 Å². The number of fused-ring (bicyclic) bond motifs is 1. The molecule has 0 aliphatic heterocycles. The van der Waals surface area contributed by atoms with Crippen LogP contribution in [0, 0.1) is 0 Å². The number of aliphatic hydroxyl groups is 1. The average Bonchev–Trinajstić information content (AvgIpc) is 3.21. The minimum Gasteiger partial charge on any atom is -0.497 e. The van der Waals surface area contributed by atoms with Gasteiger partial charge in [-0.1, -0.05) is 18.2 Å². The highest BCUT2D eigenvalue weighted by molar-refractivity contribution is 5.84. The Labute approximate surface area is 174 Å².